The van der Waals surface area contributed by atoms with Gasteiger partial charge in [0.05, 0.1) is 5.69 Å². The Morgan fingerprint density at radius 2 is 1.63 bits per heavy atom. The van der Waals surface area contributed by atoms with Crippen LogP contribution in [0.2, 0.25) is 0 Å². The molecule has 2 aromatic carbocycles. The predicted octanol–water partition coefficient (Wildman–Crippen LogP) is 4.71. The molecule has 0 aliphatic rings. The van der Waals surface area contributed by atoms with Crippen molar-refractivity contribution in [3.8, 4) is 0 Å². The van der Waals surface area contributed by atoms with Gasteiger partial charge in [-0.05, 0) is 30.0 Å². The molecule has 3 aromatic rings. The minimum atomic E-state index is 1.01. The average molecular weight is 245 g/mol. The first kappa shape index (κ1) is 11.7. The smallest absolute Gasteiger partial charge is 0.0708 e. The zero-order valence-electron chi connectivity index (χ0n) is 10.9. The number of hydrogen-bond donors (Lipinski definition) is 0. The van der Waals surface area contributed by atoms with Gasteiger partial charge in [-0.1, -0.05) is 60.2 Å². The molecular formula is C18H15N. The summed E-state index contributed by atoms with van der Waals surface area (Å²) in [6, 6.07) is 18.8. The molecule has 3 rings (SSSR count). The molecule has 0 unspecified atom stereocenters. The van der Waals surface area contributed by atoms with Gasteiger partial charge in [0.1, 0.15) is 0 Å². The van der Waals surface area contributed by atoms with E-state index in [4.69, 9.17) is 0 Å². The van der Waals surface area contributed by atoms with Crippen LogP contribution < -0.4 is 0 Å². The van der Waals surface area contributed by atoms with Crippen LogP contribution in [0.3, 0.4) is 0 Å². The molecule has 19 heavy (non-hydrogen) atoms. The van der Waals surface area contributed by atoms with Crippen LogP contribution in [-0.4, -0.2) is 4.98 Å². The summed E-state index contributed by atoms with van der Waals surface area (Å²) in [7, 11) is 0. The Kier molecular flexibility index (Phi) is 3.11. The fourth-order valence-corrected chi connectivity index (χ4v) is 2.13. The van der Waals surface area contributed by atoms with Crippen molar-refractivity contribution in [2.24, 2.45) is 0 Å². The quantitative estimate of drug-likeness (QED) is 0.637. The number of rotatable bonds is 2. The summed E-state index contributed by atoms with van der Waals surface area (Å²) < 4.78 is 0. The zero-order chi connectivity index (χ0) is 13.1. The van der Waals surface area contributed by atoms with Gasteiger partial charge in [-0.3, -0.25) is 4.98 Å². The molecule has 0 aliphatic carbocycles. The van der Waals surface area contributed by atoms with E-state index in [1.165, 1.54) is 21.9 Å². The van der Waals surface area contributed by atoms with Crippen LogP contribution >= 0.6 is 0 Å². The van der Waals surface area contributed by atoms with Gasteiger partial charge in [0.2, 0.25) is 0 Å². The van der Waals surface area contributed by atoms with Crippen LogP contribution in [0, 0.1) is 6.92 Å². The van der Waals surface area contributed by atoms with E-state index in [2.05, 4.69) is 66.5 Å². The van der Waals surface area contributed by atoms with Crippen molar-refractivity contribution >= 4 is 22.9 Å². The van der Waals surface area contributed by atoms with Gasteiger partial charge in [-0.15, -0.1) is 0 Å². The van der Waals surface area contributed by atoms with E-state index >= 15 is 0 Å². The molecule has 1 nitrogen and oxygen atoms in total. The van der Waals surface area contributed by atoms with Gasteiger partial charge in [0.25, 0.3) is 0 Å². The monoisotopic (exact) mass is 245 g/mol. The van der Waals surface area contributed by atoms with E-state index in [1.54, 1.807) is 0 Å². The van der Waals surface area contributed by atoms with Crippen molar-refractivity contribution in [3.63, 3.8) is 0 Å². The van der Waals surface area contributed by atoms with Gasteiger partial charge >= 0.3 is 0 Å². The first-order chi connectivity index (χ1) is 9.33. The lowest BCUT2D eigenvalue weighted by atomic mass is 10.1. The molecular weight excluding hydrogens is 230 g/mol. The molecule has 1 heterocycles. The van der Waals surface area contributed by atoms with Crippen molar-refractivity contribution < 1.29 is 0 Å². The predicted molar refractivity (Wildman–Crippen MR) is 81.9 cm³/mol. The number of hydrogen-bond acceptors (Lipinski definition) is 1. The highest BCUT2D eigenvalue weighted by molar-refractivity contribution is 5.90. The van der Waals surface area contributed by atoms with E-state index in [9.17, 15) is 0 Å². The molecule has 1 heteroatoms. The van der Waals surface area contributed by atoms with Crippen LogP contribution in [-0.2, 0) is 0 Å². The van der Waals surface area contributed by atoms with Crippen LogP contribution in [0.5, 0.6) is 0 Å². The summed E-state index contributed by atoms with van der Waals surface area (Å²) in [6.45, 7) is 2.10. The lowest BCUT2D eigenvalue weighted by Gasteiger charge is -2.01. The molecule has 0 radical (unpaired) electrons. The fraction of sp³-hybridized carbons (Fsp3) is 0.0556. The largest absolute Gasteiger partial charge is 0.256 e. The summed E-state index contributed by atoms with van der Waals surface area (Å²) in [5.74, 6) is 0. The Bertz CT molecular complexity index is 719. The third-order valence-corrected chi connectivity index (χ3v) is 3.22. The summed E-state index contributed by atoms with van der Waals surface area (Å²) >= 11 is 0. The highest BCUT2D eigenvalue weighted by atomic mass is 14.7. The van der Waals surface area contributed by atoms with Gasteiger partial charge in [0.15, 0.2) is 0 Å². The van der Waals surface area contributed by atoms with Crippen LogP contribution in [0.15, 0.2) is 60.8 Å². The average Bonchev–Trinajstić information content (AvgIpc) is 2.47. The maximum atomic E-state index is 4.45. The number of aryl methyl sites for hydroxylation is 1. The molecule has 0 saturated heterocycles. The van der Waals surface area contributed by atoms with E-state index < -0.39 is 0 Å². The van der Waals surface area contributed by atoms with Crippen LogP contribution in [0.25, 0.3) is 22.9 Å². The molecule has 92 valence electrons. The number of aromatic nitrogens is 1. The van der Waals surface area contributed by atoms with E-state index in [0.29, 0.717) is 0 Å². The second-order valence-corrected chi connectivity index (χ2v) is 4.66. The first-order valence-electron chi connectivity index (χ1n) is 6.41. The number of fused-ring (bicyclic) bond motifs is 1. The van der Waals surface area contributed by atoms with Crippen LogP contribution in [0.4, 0.5) is 0 Å². The van der Waals surface area contributed by atoms with Gasteiger partial charge in [-0.25, -0.2) is 0 Å². The fourth-order valence-electron chi connectivity index (χ4n) is 2.13. The number of pyridine rings is 1. The standard InChI is InChI=1S/C18H15N/c1-14-6-8-15(9-7-14)10-11-18-17-5-3-2-4-16(17)12-13-19-18/h2-13H,1H3. The lowest BCUT2D eigenvalue weighted by molar-refractivity contribution is 1.33. The Hall–Kier alpha value is -2.41. The van der Waals surface area contributed by atoms with E-state index in [0.717, 1.165) is 5.69 Å². The molecule has 0 N–H and O–H groups in total. The maximum absolute atomic E-state index is 4.45. The van der Waals surface area contributed by atoms with Crippen LogP contribution in [0.1, 0.15) is 16.8 Å². The highest BCUT2D eigenvalue weighted by Crippen LogP contribution is 2.18. The minimum Gasteiger partial charge on any atom is -0.256 e. The molecule has 0 amide bonds. The van der Waals surface area contributed by atoms with Crippen molar-refractivity contribution in [3.05, 3.63) is 77.6 Å². The Morgan fingerprint density at radius 3 is 2.47 bits per heavy atom. The number of nitrogens with zero attached hydrogens (tertiary/aromatic N) is 1. The summed E-state index contributed by atoms with van der Waals surface area (Å²) in [5, 5.41) is 2.41. The molecule has 1 aromatic heterocycles. The Balaban J connectivity index is 1.99. The molecule has 0 saturated carbocycles. The summed E-state index contributed by atoms with van der Waals surface area (Å²) in [4.78, 5) is 4.45. The lowest BCUT2D eigenvalue weighted by Crippen LogP contribution is -1.83. The Morgan fingerprint density at radius 1 is 0.842 bits per heavy atom. The minimum absolute atomic E-state index is 1.01. The zero-order valence-corrected chi connectivity index (χ0v) is 10.9. The van der Waals surface area contributed by atoms with E-state index in [1.807, 2.05) is 18.3 Å². The van der Waals surface area contributed by atoms with Crippen molar-refractivity contribution in [1.82, 2.24) is 4.98 Å². The molecule has 0 atom stereocenters. The third-order valence-electron chi connectivity index (χ3n) is 3.22. The van der Waals surface area contributed by atoms with Crippen molar-refractivity contribution in [1.29, 1.82) is 0 Å². The van der Waals surface area contributed by atoms with E-state index in [-0.39, 0.29) is 0 Å². The van der Waals surface area contributed by atoms with Crippen molar-refractivity contribution in [2.75, 3.05) is 0 Å². The second-order valence-electron chi connectivity index (χ2n) is 4.66. The number of benzene rings is 2. The topological polar surface area (TPSA) is 12.9 Å². The SMILES string of the molecule is Cc1ccc(C=Cc2nccc3ccccc23)cc1. The summed E-state index contributed by atoms with van der Waals surface area (Å²) in [5.41, 5.74) is 3.49. The molecule has 0 bridgehead atoms. The van der Waals surface area contributed by atoms with Gasteiger partial charge in [0, 0.05) is 11.6 Å². The van der Waals surface area contributed by atoms with Gasteiger partial charge in [-0.2, -0.15) is 0 Å². The highest BCUT2D eigenvalue weighted by Gasteiger charge is 1.97. The second kappa shape index (κ2) is 5.07. The molecule has 0 spiro atoms. The first-order valence-corrected chi connectivity index (χ1v) is 6.41. The normalized spacial score (nSPS) is 11.2. The molecule has 0 aliphatic heterocycles. The Labute approximate surface area is 113 Å². The molecule has 0 fully saturated rings. The summed E-state index contributed by atoms with van der Waals surface area (Å²) in [6.07, 6.45) is 6.04. The third kappa shape index (κ3) is 2.55. The maximum Gasteiger partial charge on any atom is 0.0708 e. The van der Waals surface area contributed by atoms with Crippen molar-refractivity contribution in [2.45, 2.75) is 6.92 Å². The van der Waals surface area contributed by atoms with Gasteiger partial charge < -0.3 is 0 Å².